The van der Waals surface area contributed by atoms with Gasteiger partial charge in [-0.2, -0.15) is 0 Å². The minimum Gasteiger partial charge on any atom is -0.390 e. The summed E-state index contributed by atoms with van der Waals surface area (Å²) in [5.41, 5.74) is -0.922. The number of hydrogen-bond acceptors (Lipinski definition) is 4. The van der Waals surface area contributed by atoms with Crippen LogP contribution in [0.15, 0.2) is 0 Å². The van der Waals surface area contributed by atoms with Crippen LogP contribution in [-0.2, 0) is 14.2 Å². The molecule has 20 heavy (non-hydrogen) atoms. The van der Waals surface area contributed by atoms with Crippen molar-refractivity contribution in [2.45, 2.75) is 75.9 Å². The minimum absolute atomic E-state index is 0.124. The maximum atomic E-state index is 10.4. The molecule has 1 aliphatic carbocycles. The number of methoxy groups -OCH3 is 1. The molecule has 6 atom stereocenters. The van der Waals surface area contributed by atoms with Crippen LogP contribution in [0.25, 0.3) is 0 Å². The zero-order valence-corrected chi connectivity index (χ0v) is 12.9. The van der Waals surface area contributed by atoms with Crippen LogP contribution < -0.4 is 0 Å². The zero-order chi connectivity index (χ0) is 16.3. The third kappa shape index (κ3) is 2.31. The second kappa shape index (κ2) is 4.94. The predicted octanol–water partition coefficient (Wildman–Crippen LogP) is 2.14. The van der Waals surface area contributed by atoms with Gasteiger partial charge in [0.15, 0.2) is 0 Å². The van der Waals surface area contributed by atoms with Crippen LogP contribution in [0.4, 0.5) is 0 Å². The van der Waals surface area contributed by atoms with E-state index in [1.807, 2.05) is 0 Å². The monoisotopic (exact) mass is 286 g/mol. The Morgan fingerprint density at radius 1 is 1.50 bits per heavy atom. The lowest BCUT2D eigenvalue weighted by atomic mass is 9.68. The van der Waals surface area contributed by atoms with Crippen LogP contribution >= 0.6 is 0 Å². The summed E-state index contributed by atoms with van der Waals surface area (Å²) < 4.78 is 33.4. The molecule has 3 aliphatic rings. The van der Waals surface area contributed by atoms with Crippen molar-refractivity contribution in [3.8, 4) is 0 Å². The molecule has 3 fully saturated rings. The molecule has 2 heterocycles. The van der Waals surface area contributed by atoms with Gasteiger partial charge in [0.05, 0.1) is 36.4 Å². The highest BCUT2D eigenvalue weighted by Gasteiger charge is 2.71. The molecule has 0 radical (unpaired) electrons. The van der Waals surface area contributed by atoms with Crippen molar-refractivity contribution < 1.29 is 22.1 Å². The molecule has 116 valence electrons. The fourth-order valence-corrected chi connectivity index (χ4v) is 3.85. The van der Waals surface area contributed by atoms with Gasteiger partial charge in [0.1, 0.15) is 5.60 Å². The molecule has 1 spiro atoms. The van der Waals surface area contributed by atoms with Crippen molar-refractivity contribution in [3.63, 3.8) is 0 Å². The summed E-state index contributed by atoms with van der Waals surface area (Å²) in [6.07, 6.45) is -0.991. The lowest BCUT2D eigenvalue weighted by molar-refractivity contribution is -0.116. The largest absolute Gasteiger partial charge is 0.390 e. The van der Waals surface area contributed by atoms with Gasteiger partial charge in [0.25, 0.3) is 0 Å². The van der Waals surface area contributed by atoms with Crippen molar-refractivity contribution in [1.82, 2.24) is 0 Å². The summed E-state index contributed by atoms with van der Waals surface area (Å²) in [6.45, 7) is 6.98. The van der Waals surface area contributed by atoms with Crippen LogP contribution in [-0.4, -0.2) is 48.3 Å². The van der Waals surface area contributed by atoms with Crippen LogP contribution in [0, 0.1) is 11.8 Å². The van der Waals surface area contributed by atoms with Crippen molar-refractivity contribution in [3.05, 3.63) is 0 Å². The molecule has 2 saturated heterocycles. The standard InChI is InChI=1S/C16H28O4/c1-10(2)5-6-12-15(3,20-12)14-13(18-4)11(17)7-8-16(14)9-19-16/h10-14,17H,5-9H2,1-4H3/t11-,12-,13-,14-,15?,16+/m1/s1/i7D2. The zero-order valence-electron chi connectivity index (χ0n) is 14.9. The molecular formula is C16H28O4. The highest BCUT2D eigenvalue weighted by molar-refractivity contribution is 5.19. The maximum absolute atomic E-state index is 10.4. The Hall–Kier alpha value is -0.160. The quantitative estimate of drug-likeness (QED) is 0.787. The predicted molar refractivity (Wildman–Crippen MR) is 75.6 cm³/mol. The summed E-state index contributed by atoms with van der Waals surface area (Å²) in [4.78, 5) is 0. The fraction of sp³-hybridized carbons (Fsp3) is 1.00. The number of ether oxygens (including phenoxy) is 3. The van der Waals surface area contributed by atoms with E-state index in [1.54, 1.807) is 0 Å². The van der Waals surface area contributed by atoms with Gasteiger partial charge in [0, 0.05) is 9.85 Å². The first-order valence-corrected chi connectivity index (χ1v) is 7.69. The Bertz CT molecular complexity index is 438. The van der Waals surface area contributed by atoms with E-state index < -0.39 is 24.2 Å². The lowest BCUT2D eigenvalue weighted by Gasteiger charge is -2.41. The molecule has 3 rings (SSSR count). The number of hydrogen-bond donors (Lipinski definition) is 1. The van der Waals surface area contributed by atoms with Crippen molar-refractivity contribution >= 4 is 0 Å². The number of rotatable bonds is 5. The van der Waals surface area contributed by atoms with Crippen LogP contribution in [0.2, 0.25) is 0 Å². The topological polar surface area (TPSA) is 54.5 Å². The van der Waals surface area contributed by atoms with E-state index in [1.165, 1.54) is 7.11 Å². The molecule has 4 heteroatoms. The van der Waals surface area contributed by atoms with E-state index in [0.29, 0.717) is 12.5 Å². The Morgan fingerprint density at radius 3 is 2.75 bits per heavy atom. The minimum atomic E-state index is -1.69. The highest BCUT2D eigenvalue weighted by atomic mass is 16.6. The molecule has 0 bridgehead atoms. The Balaban J connectivity index is 1.80. The highest BCUT2D eigenvalue weighted by Crippen LogP contribution is 2.59. The first-order chi connectivity index (χ1) is 10.2. The van der Waals surface area contributed by atoms with Crippen molar-refractivity contribution in [2.24, 2.45) is 11.8 Å². The molecule has 0 aromatic heterocycles. The SMILES string of the molecule is [2H]C1([2H])C[C@]2(CO2)[C@@H](C2(C)O[C@@H]2CCC(C)C)[C@H](OC)[C@@H]1O. The first-order valence-electron chi connectivity index (χ1n) is 8.69. The molecule has 1 unspecified atom stereocenters. The van der Waals surface area contributed by atoms with Crippen molar-refractivity contribution in [1.29, 1.82) is 0 Å². The van der Waals surface area contributed by atoms with Gasteiger partial charge >= 0.3 is 0 Å². The van der Waals surface area contributed by atoms with E-state index >= 15 is 0 Å². The van der Waals surface area contributed by atoms with Gasteiger partial charge in [0.2, 0.25) is 0 Å². The molecule has 1 N–H and O–H groups in total. The van der Waals surface area contributed by atoms with Crippen LogP contribution in [0.1, 0.15) is 49.1 Å². The fourth-order valence-electron chi connectivity index (χ4n) is 3.85. The summed E-state index contributed by atoms with van der Waals surface area (Å²) >= 11 is 0. The molecule has 0 aromatic rings. The summed E-state index contributed by atoms with van der Waals surface area (Å²) in [6, 6.07) is 0. The molecule has 0 aromatic carbocycles. The van der Waals surface area contributed by atoms with Gasteiger partial charge in [-0.25, -0.2) is 0 Å². The van der Waals surface area contributed by atoms with Gasteiger partial charge < -0.3 is 19.3 Å². The Labute approximate surface area is 124 Å². The van der Waals surface area contributed by atoms with E-state index in [2.05, 4.69) is 20.8 Å². The Kier molecular flexibility index (Phi) is 3.06. The molecule has 2 aliphatic heterocycles. The molecule has 1 saturated carbocycles. The lowest BCUT2D eigenvalue weighted by Crippen LogP contribution is -2.54. The smallest absolute Gasteiger partial charge is 0.100 e. The molecule has 4 nitrogen and oxygen atoms in total. The van der Waals surface area contributed by atoms with Gasteiger partial charge in [-0.05, 0) is 38.5 Å². The molecular weight excluding hydrogens is 256 g/mol. The normalized spacial score (nSPS) is 54.7. The summed E-state index contributed by atoms with van der Waals surface area (Å²) in [5.74, 6) is 0.505. The van der Waals surface area contributed by atoms with Gasteiger partial charge in [-0.3, -0.25) is 0 Å². The Morgan fingerprint density at radius 2 is 2.20 bits per heavy atom. The number of epoxide rings is 2. The van der Waals surface area contributed by atoms with Gasteiger partial charge in [-0.15, -0.1) is 0 Å². The van der Waals surface area contributed by atoms with E-state index in [9.17, 15) is 5.11 Å². The molecule has 0 amide bonds. The van der Waals surface area contributed by atoms with Crippen LogP contribution in [0.5, 0.6) is 0 Å². The average Bonchev–Trinajstić information content (AvgIpc) is 3.30. The van der Waals surface area contributed by atoms with E-state index in [0.717, 1.165) is 12.8 Å². The summed E-state index contributed by atoms with van der Waals surface area (Å²) in [7, 11) is 1.53. The van der Waals surface area contributed by atoms with E-state index in [-0.39, 0.29) is 24.0 Å². The second-order valence-corrected chi connectivity index (χ2v) is 7.12. The van der Waals surface area contributed by atoms with Gasteiger partial charge in [-0.1, -0.05) is 13.8 Å². The third-order valence-electron chi connectivity index (χ3n) is 5.21. The average molecular weight is 286 g/mol. The van der Waals surface area contributed by atoms with E-state index in [4.69, 9.17) is 17.0 Å². The van der Waals surface area contributed by atoms with Crippen molar-refractivity contribution in [2.75, 3.05) is 13.7 Å². The van der Waals surface area contributed by atoms with Crippen LogP contribution in [0.3, 0.4) is 0 Å². The number of aliphatic hydroxyl groups is 1. The first kappa shape index (κ1) is 12.4. The second-order valence-electron chi connectivity index (χ2n) is 7.12. The number of aliphatic hydroxyl groups excluding tert-OH is 1. The maximum Gasteiger partial charge on any atom is 0.100 e. The third-order valence-corrected chi connectivity index (χ3v) is 5.21. The summed E-state index contributed by atoms with van der Waals surface area (Å²) in [5, 5.41) is 10.4.